The van der Waals surface area contributed by atoms with Crippen LogP contribution >= 0.6 is 0 Å². The average Bonchev–Trinajstić information content (AvgIpc) is 2.30. The number of benzene rings is 1. The third kappa shape index (κ3) is 4.25. The molecule has 1 amide bonds. The average molecular weight is 289 g/mol. The zero-order valence-corrected chi connectivity index (χ0v) is 11.0. The Morgan fingerprint density at radius 2 is 1.80 bits per heavy atom. The van der Waals surface area contributed by atoms with Gasteiger partial charge in [0, 0.05) is 5.69 Å². The fourth-order valence-electron chi connectivity index (χ4n) is 1.47. The van der Waals surface area contributed by atoms with Crippen molar-refractivity contribution in [3.05, 3.63) is 29.8 Å². The lowest BCUT2D eigenvalue weighted by atomic mass is 10.1. The van der Waals surface area contributed by atoms with E-state index in [0.717, 1.165) is 5.56 Å². The van der Waals surface area contributed by atoms with E-state index in [4.69, 9.17) is 0 Å². The topological polar surface area (TPSA) is 55.4 Å². The number of carbonyl (C=O) groups excluding carboxylic acids is 2. The second-order valence-corrected chi connectivity index (χ2v) is 4.08. The van der Waals surface area contributed by atoms with Gasteiger partial charge < -0.3 is 10.1 Å². The summed E-state index contributed by atoms with van der Waals surface area (Å²) in [6.45, 7) is 2.93. The lowest BCUT2D eigenvalue weighted by Gasteiger charge is -2.18. The van der Waals surface area contributed by atoms with Crippen LogP contribution in [-0.2, 0) is 14.3 Å². The molecule has 0 radical (unpaired) electrons. The number of halogens is 3. The molecular formula is C13H14F3NO3. The summed E-state index contributed by atoms with van der Waals surface area (Å²) in [5.41, 5.74) is 1.07. The van der Waals surface area contributed by atoms with Crippen molar-refractivity contribution < 1.29 is 27.5 Å². The van der Waals surface area contributed by atoms with Crippen LogP contribution in [0, 0.1) is 12.8 Å². The highest BCUT2D eigenvalue weighted by Crippen LogP contribution is 2.28. The van der Waals surface area contributed by atoms with Gasteiger partial charge in [0.15, 0.2) is 0 Å². The first-order valence-corrected chi connectivity index (χ1v) is 5.86. The highest BCUT2D eigenvalue weighted by atomic mass is 19.4. The predicted molar refractivity (Wildman–Crippen MR) is 66.0 cm³/mol. The van der Waals surface area contributed by atoms with E-state index in [1.807, 2.05) is 0 Å². The van der Waals surface area contributed by atoms with Crippen LogP contribution in [-0.4, -0.2) is 24.7 Å². The molecule has 1 atom stereocenters. The summed E-state index contributed by atoms with van der Waals surface area (Å²) in [6, 6.07) is 6.16. The van der Waals surface area contributed by atoms with Gasteiger partial charge in [0.1, 0.15) is 0 Å². The van der Waals surface area contributed by atoms with E-state index < -0.39 is 24.0 Å². The molecule has 0 aromatic heterocycles. The lowest BCUT2D eigenvalue weighted by Crippen LogP contribution is -2.41. The normalized spacial score (nSPS) is 12.7. The van der Waals surface area contributed by atoms with Crippen LogP contribution in [0.4, 0.5) is 18.9 Å². The van der Waals surface area contributed by atoms with Gasteiger partial charge in [-0.2, -0.15) is 13.2 Å². The van der Waals surface area contributed by atoms with Gasteiger partial charge in [-0.15, -0.1) is 0 Å². The third-order valence-corrected chi connectivity index (χ3v) is 2.43. The smallest absolute Gasteiger partial charge is 0.411 e. The second kappa shape index (κ2) is 6.40. The SMILES string of the molecule is CCOC(=O)[C@H](C(=O)Nc1ccc(C)cc1)C(F)(F)F. The van der Waals surface area contributed by atoms with Crippen molar-refractivity contribution in [1.82, 2.24) is 0 Å². The van der Waals surface area contributed by atoms with Gasteiger partial charge in [-0.3, -0.25) is 9.59 Å². The number of amides is 1. The lowest BCUT2D eigenvalue weighted by molar-refractivity contribution is -0.196. The number of ether oxygens (including phenoxy) is 1. The van der Waals surface area contributed by atoms with Crippen molar-refractivity contribution in [3.8, 4) is 0 Å². The minimum absolute atomic E-state index is 0.180. The number of aryl methyl sites for hydroxylation is 1. The number of nitrogens with one attached hydrogen (secondary N) is 1. The molecule has 20 heavy (non-hydrogen) atoms. The molecule has 0 aliphatic carbocycles. The fraction of sp³-hybridized carbons (Fsp3) is 0.385. The number of rotatable bonds is 4. The molecule has 0 saturated heterocycles. The van der Waals surface area contributed by atoms with Crippen LogP contribution in [0.1, 0.15) is 12.5 Å². The molecule has 0 aliphatic heterocycles. The van der Waals surface area contributed by atoms with Crippen molar-refractivity contribution in [2.24, 2.45) is 5.92 Å². The Balaban J connectivity index is 2.88. The van der Waals surface area contributed by atoms with Gasteiger partial charge in [0.2, 0.25) is 11.8 Å². The Bertz CT molecular complexity index is 483. The van der Waals surface area contributed by atoms with Gasteiger partial charge in [-0.05, 0) is 26.0 Å². The first-order chi connectivity index (χ1) is 9.25. The van der Waals surface area contributed by atoms with Gasteiger partial charge in [0.25, 0.3) is 0 Å². The minimum Gasteiger partial charge on any atom is -0.465 e. The van der Waals surface area contributed by atoms with Crippen LogP contribution in [0.5, 0.6) is 0 Å². The fourth-order valence-corrected chi connectivity index (χ4v) is 1.47. The number of hydrogen-bond donors (Lipinski definition) is 1. The summed E-state index contributed by atoms with van der Waals surface area (Å²) in [5.74, 6) is -5.90. The maximum absolute atomic E-state index is 12.7. The van der Waals surface area contributed by atoms with Crippen molar-refractivity contribution in [2.75, 3.05) is 11.9 Å². The van der Waals surface area contributed by atoms with Crippen LogP contribution in [0.25, 0.3) is 0 Å². The summed E-state index contributed by atoms with van der Waals surface area (Å²) in [4.78, 5) is 22.9. The van der Waals surface area contributed by atoms with Gasteiger partial charge in [-0.1, -0.05) is 17.7 Å². The molecule has 0 heterocycles. The third-order valence-electron chi connectivity index (χ3n) is 2.43. The van der Waals surface area contributed by atoms with E-state index in [1.54, 1.807) is 19.1 Å². The quantitative estimate of drug-likeness (QED) is 0.685. The molecule has 7 heteroatoms. The first kappa shape index (κ1) is 16.0. The molecule has 0 fully saturated rings. The van der Waals surface area contributed by atoms with E-state index >= 15 is 0 Å². The predicted octanol–water partition coefficient (Wildman–Crippen LogP) is 2.68. The number of hydrogen-bond acceptors (Lipinski definition) is 3. The largest absolute Gasteiger partial charge is 0.465 e. The van der Waals surface area contributed by atoms with Crippen LogP contribution in [0.2, 0.25) is 0 Å². The summed E-state index contributed by atoms with van der Waals surface area (Å²) >= 11 is 0. The maximum atomic E-state index is 12.7. The highest BCUT2D eigenvalue weighted by molar-refractivity contribution is 6.05. The molecular weight excluding hydrogens is 275 g/mol. The van der Waals surface area contributed by atoms with E-state index in [1.165, 1.54) is 19.1 Å². The second-order valence-electron chi connectivity index (χ2n) is 4.08. The molecule has 0 aliphatic rings. The van der Waals surface area contributed by atoms with Crippen molar-refractivity contribution in [3.63, 3.8) is 0 Å². The van der Waals surface area contributed by atoms with Crippen LogP contribution in [0.15, 0.2) is 24.3 Å². The Kier molecular flexibility index (Phi) is 5.12. The highest BCUT2D eigenvalue weighted by Gasteiger charge is 2.51. The molecule has 4 nitrogen and oxygen atoms in total. The van der Waals surface area contributed by atoms with E-state index in [2.05, 4.69) is 10.1 Å². The minimum atomic E-state index is -5.00. The zero-order valence-electron chi connectivity index (χ0n) is 11.0. The summed E-state index contributed by atoms with van der Waals surface area (Å²) in [7, 11) is 0. The number of anilines is 1. The Hall–Kier alpha value is -2.05. The van der Waals surface area contributed by atoms with Crippen molar-refractivity contribution in [2.45, 2.75) is 20.0 Å². The summed E-state index contributed by atoms with van der Waals surface area (Å²) in [6.07, 6.45) is -5.00. The Morgan fingerprint density at radius 3 is 2.25 bits per heavy atom. The number of carbonyl (C=O) groups is 2. The van der Waals surface area contributed by atoms with Gasteiger partial charge >= 0.3 is 12.1 Å². The summed E-state index contributed by atoms with van der Waals surface area (Å²) in [5, 5.41) is 2.06. The standard InChI is InChI=1S/C13H14F3NO3/c1-3-20-12(19)10(13(14,15)16)11(18)17-9-6-4-8(2)5-7-9/h4-7,10H,3H2,1-2H3,(H,17,18)/t10-/m0/s1. The Labute approximate surface area is 113 Å². The van der Waals surface area contributed by atoms with Crippen molar-refractivity contribution >= 4 is 17.6 Å². The van der Waals surface area contributed by atoms with E-state index in [0.29, 0.717) is 0 Å². The monoisotopic (exact) mass is 289 g/mol. The van der Waals surface area contributed by atoms with Crippen molar-refractivity contribution in [1.29, 1.82) is 0 Å². The molecule has 0 bridgehead atoms. The maximum Gasteiger partial charge on any atom is 0.411 e. The van der Waals surface area contributed by atoms with Gasteiger partial charge in [0.05, 0.1) is 6.61 Å². The zero-order chi connectivity index (χ0) is 15.3. The Morgan fingerprint density at radius 1 is 1.25 bits per heavy atom. The molecule has 1 N–H and O–H groups in total. The molecule has 110 valence electrons. The molecule has 1 rings (SSSR count). The first-order valence-electron chi connectivity index (χ1n) is 5.86. The van der Waals surface area contributed by atoms with Gasteiger partial charge in [-0.25, -0.2) is 0 Å². The van der Waals surface area contributed by atoms with E-state index in [9.17, 15) is 22.8 Å². The molecule has 1 aromatic rings. The molecule has 0 saturated carbocycles. The van der Waals surface area contributed by atoms with E-state index in [-0.39, 0.29) is 12.3 Å². The number of esters is 1. The van der Waals surface area contributed by atoms with Crippen LogP contribution < -0.4 is 5.32 Å². The molecule has 0 spiro atoms. The van der Waals surface area contributed by atoms with Crippen LogP contribution in [0.3, 0.4) is 0 Å². The molecule has 0 unspecified atom stereocenters. The summed E-state index contributed by atoms with van der Waals surface area (Å²) < 4.78 is 42.5. The number of alkyl halides is 3. The molecule has 1 aromatic carbocycles.